The van der Waals surface area contributed by atoms with Gasteiger partial charge in [0.1, 0.15) is 28.5 Å². The van der Waals surface area contributed by atoms with E-state index in [-0.39, 0.29) is 41.0 Å². The largest absolute Gasteiger partial charge is 0.507 e. The van der Waals surface area contributed by atoms with Crippen LogP contribution in [0.4, 0.5) is 0 Å². The highest BCUT2D eigenvalue weighted by atomic mass is 16.5. The van der Waals surface area contributed by atoms with Gasteiger partial charge in [-0.2, -0.15) is 0 Å². The first-order valence-corrected chi connectivity index (χ1v) is 13.7. The molecule has 0 aliphatic carbocycles. The van der Waals surface area contributed by atoms with Gasteiger partial charge in [0.2, 0.25) is 0 Å². The number of aryl methyl sites for hydroxylation is 1. The van der Waals surface area contributed by atoms with Crippen LogP contribution in [0.25, 0.3) is 0 Å². The van der Waals surface area contributed by atoms with Gasteiger partial charge in [0, 0.05) is 18.9 Å². The fraction of sp³-hybridized carbons (Fsp3) is 0.606. The Labute approximate surface area is 230 Å². The lowest BCUT2D eigenvalue weighted by molar-refractivity contribution is -0.143. The molecule has 0 saturated heterocycles. The summed E-state index contributed by atoms with van der Waals surface area (Å²) in [7, 11) is 0. The standard InChI is InChI=1S/C33H50O5/c1-30(2,3)26-19-22(20-27(29(26)35)31(4,5)6)13-14-28(34)36-16-15-23-17-24(37-32(7,8)9)21-25(18-23)38-33(10,11)12/h17-21,35H,13-16H2,1-12H3. The molecule has 2 rings (SSSR count). The van der Waals surface area contributed by atoms with Gasteiger partial charge in [0.05, 0.1) is 6.61 Å². The maximum Gasteiger partial charge on any atom is 0.306 e. The average Bonchev–Trinajstić information content (AvgIpc) is 2.68. The van der Waals surface area contributed by atoms with Crippen molar-refractivity contribution in [3.8, 4) is 17.2 Å². The molecule has 2 aromatic rings. The van der Waals surface area contributed by atoms with E-state index in [1.165, 1.54) is 0 Å². The molecule has 0 spiro atoms. The fourth-order valence-corrected chi connectivity index (χ4v) is 4.18. The second kappa shape index (κ2) is 11.6. The molecule has 0 saturated carbocycles. The Balaban J connectivity index is 2.08. The zero-order valence-corrected chi connectivity index (χ0v) is 25.8. The van der Waals surface area contributed by atoms with Crippen molar-refractivity contribution in [1.29, 1.82) is 0 Å². The van der Waals surface area contributed by atoms with Crippen LogP contribution in [0.15, 0.2) is 30.3 Å². The first-order chi connectivity index (χ1) is 17.1. The summed E-state index contributed by atoms with van der Waals surface area (Å²) < 4.78 is 17.8. The van der Waals surface area contributed by atoms with Crippen LogP contribution in [-0.2, 0) is 33.2 Å². The summed E-state index contributed by atoms with van der Waals surface area (Å²) in [6, 6.07) is 9.91. The summed E-state index contributed by atoms with van der Waals surface area (Å²) in [5.74, 6) is 1.58. The summed E-state index contributed by atoms with van der Waals surface area (Å²) in [5.41, 5.74) is 2.74. The number of rotatable bonds is 8. The molecule has 0 radical (unpaired) electrons. The van der Waals surface area contributed by atoms with Crippen molar-refractivity contribution in [3.05, 3.63) is 52.6 Å². The van der Waals surface area contributed by atoms with E-state index in [4.69, 9.17) is 14.2 Å². The first-order valence-electron chi connectivity index (χ1n) is 13.7. The Kier molecular flexibility index (Phi) is 9.62. The number of esters is 1. The van der Waals surface area contributed by atoms with Crippen molar-refractivity contribution in [2.24, 2.45) is 0 Å². The Morgan fingerprint density at radius 2 is 1.08 bits per heavy atom. The lowest BCUT2D eigenvalue weighted by atomic mass is 9.78. The smallest absolute Gasteiger partial charge is 0.306 e. The number of carbonyl (C=O) groups is 1. The van der Waals surface area contributed by atoms with Gasteiger partial charge in [-0.3, -0.25) is 4.79 Å². The number of phenolic OH excluding ortho intramolecular Hbond substituents is 1. The van der Waals surface area contributed by atoms with Crippen LogP contribution < -0.4 is 9.47 Å². The van der Waals surface area contributed by atoms with Crippen molar-refractivity contribution in [2.45, 2.75) is 124 Å². The van der Waals surface area contributed by atoms with Crippen molar-refractivity contribution >= 4 is 5.97 Å². The molecule has 0 atom stereocenters. The Bertz CT molecular complexity index is 1030. The maximum absolute atomic E-state index is 12.6. The summed E-state index contributed by atoms with van der Waals surface area (Å²) in [6.07, 6.45) is 1.41. The molecule has 0 aliphatic rings. The molecule has 1 N–H and O–H groups in total. The van der Waals surface area contributed by atoms with Crippen LogP contribution in [0.1, 0.15) is 112 Å². The van der Waals surface area contributed by atoms with E-state index >= 15 is 0 Å². The lowest BCUT2D eigenvalue weighted by Gasteiger charge is -2.28. The number of phenols is 1. The second-order valence-electron chi connectivity index (χ2n) is 14.3. The molecule has 0 bridgehead atoms. The zero-order chi connectivity index (χ0) is 29.1. The van der Waals surface area contributed by atoms with E-state index in [1.807, 2.05) is 71.9 Å². The minimum atomic E-state index is -0.335. The molecule has 0 unspecified atom stereocenters. The predicted molar refractivity (Wildman–Crippen MR) is 156 cm³/mol. The Hall–Kier alpha value is -2.69. The van der Waals surface area contributed by atoms with Crippen LogP contribution >= 0.6 is 0 Å². The van der Waals surface area contributed by atoms with Crippen LogP contribution in [0.3, 0.4) is 0 Å². The normalized spacial score (nSPS) is 12.8. The van der Waals surface area contributed by atoms with E-state index in [0.29, 0.717) is 18.6 Å². The van der Waals surface area contributed by atoms with Gasteiger partial charge in [-0.15, -0.1) is 0 Å². The SMILES string of the molecule is CC(C)(C)Oc1cc(CCOC(=O)CCc2cc(C(C)(C)C)c(O)c(C(C)(C)C)c2)cc(OC(C)(C)C)c1. The van der Waals surface area contributed by atoms with E-state index in [1.54, 1.807) is 0 Å². The summed E-state index contributed by atoms with van der Waals surface area (Å²) in [4.78, 5) is 12.6. The van der Waals surface area contributed by atoms with Crippen LogP contribution in [0.2, 0.25) is 0 Å². The quantitative estimate of drug-likeness (QED) is 0.352. The van der Waals surface area contributed by atoms with Crippen molar-refractivity contribution in [2.75, 3.05) is 6.61 Å². The van der Waals surface area contributed by atoms with Gasteiger partial charge in [0.15, 0.2) is 0 Å². The molecular formula is C33H50O5. The number of benzene rings is 2. The van der Waals surface area contributed by atoms with Gasteiger partial charge in [-0.25, -0.2) is 0 Å². The molecule has 5 nitrogen and oxygen atoms in total. The summed E-state index contributed by atoms with van der Waals surface area (Å²) in [6.45, 7) is 24.9. The molecule has 0 fully saturated rings. The molecule has 38 heavy (non-hydrogen) atoms. The topological polar surface area (TPSA) is 65.0 Å². The van der Waals surface area contributed by atoms with Gasteiger partial charge >= 0.3 is 5.97 Å². The average molecular weight is 527 g/mol. The molecular weight excluding hydrogens is 476 g/mol. The number of hydrogen-bond donors (Lipinski definition) is 1. The molecule has 0 aliphatic heterocycles. The highest BCUT2D eigenvalue weighted by molar-refractivity contribution is 5.69. The first kappa shape index (κ1) is 31.5. The van der Waals surface area contributed by atoms with E-state index < -0.39 is 0 Å². The Morgan fingerprint density at radius 1 is 0.658 bits per heavy atom. The van der Waals surface area contributed by atoms with Gasteiger partial charge in [0.25, 0.3) is 0 Å². The zero-order valence-electron chi connectivity index (χ0n) is 25.8. The summed E-state index contributed by atoms with van der Waals surface area (Å²) in [5, 5.41) is 10.9. The second-order valence-corrected chi connectivity index (χ2v) is 14.3. The van der Waals surface area contributed by atoms with Gasteiger partial charge in [-0.05, 0) is 93.2 Å². The van der Waals surface area contributed by atoms with Gasteiger partial charge < -0.3 is 19.3 Å². The number of ether oxygens (including phenoxy) is 3. The fourth-order valence-electron chi connectivity index (χ4n) is 4.18. The monoisotopic (exact) mass is 526 g/mol. The van der Waals surface area contributed by atoms with E-state index in [0.717, 1.165) is 33.8 Å². The van der Waals surface area contributed by atoms with Crippen LogP contribution in [-0.4, -0.2) is 28.9 Å². The molecule has 5 heteroatoms. The third-order valence-corrected chi connectivity index (χ3v) is 5.85. The van der Waals surface area contributed by atoms with Crippen molar-refractivity contribution < 1.29 is 24.1 Å². The summed E-state index contributed by atoms with van der Waals surface area (Å²) >= 11 is 0. The number of aromatic hydroxyl groups is 1. The minimum Gasteiger partial charge on any atom is -0.507 e. The molecule has 2 aromatic carbocycles. The van der Waals surface area contributed by atoms with Crippen LogP contribution in [0, 0.1) is 0 Å². The maximum atomic E-state index is 12.6. The number of hydrogen-bond acceptors (Lipinski definition) is 5. The molecule has 0 heterocycles. The van der Waals surface area contributed by atoms with E-state index in [2.05, 4.69) is 41.5 Å². The molecule has 0 aromatic heterocycles. The highest BCUT2D eigenvalue weighted by Crippen LogP contribution is 2.40. The number of carbonyl (C=O) groups excluding carboxylic acids is 1. The lowest BCUT2D eigenvalue weighted by Crippen LogP contribution is -2.24. The molecule has 0 amide bonds. The highest BCUT2D eigenvalue weighted by Gasteiger charge is 2.26. The van der Waals surface area contributed by atoms with Crippen molar-refractivity contribution in [1.82, 2.24) is 0 Å². The minimum absolute atomic E-state index is 0.207. The van der Waals surface area contributed by atoms with Gasteiger partial charge in [-0.1, -0.05) is 53.7 Å². The Morgan fingerprint density at radius 3 is 1.47 bits per heavy atom. The van der Waals surface area contributed by atoms with E-state index in [9.17, 15) is 9.90 Å². The van der Waals surface area contributed by atoms with Crippen LogP contribution in [0.5, 0.6) is 17.2 Å². The van der Waals surface area contributed by atoms with Crippen molar-refractivity contribution in [3.63, 3.8) is 0 Å². The third kappa shape index (κ3) is 10.2. The predicted octanol–water partition coefficient (Wildman–Crippen LogP) is 8.06. The third-order valence-electron chi connectivity index (χ3n) is 5.85. The molecule has 212 valence electrons.